The molecule has 0 saturated heterocycles. The zero-order valence-electron chi connectivity index (χ0n) is 20.7. The molecule has 186 valence electrons. The van der Waals surface area contributed by atoms with Crippen LogP contribution in [0.25, 0.3) is 0 Å². The molecule has 4 saturated carbocycles. The topological polar surface area (TPSA) is 101 Å². The molecule has 5 heteroatoms. The molecular formula is C27H48O5. The highest BCUT2D eigenvalue weighted by Crippen LogP contribution is 2.68. The molecule has 0 radical (unpaired) electrons. The third-order valence-corrected chi connectivity index (χ3v) is 11.2. The second-order valence-corrected chi connectivity index (χ2v) is 13.1. The normalized spacial score (nSPS) is 51.3. The molecule has 32 heavy (non-hydrogen) atoms. The lowest BCUT2D eigenvalue weighted by atomic mass is 9.43. The van der Waals surface area contributed by atoms with Crippen molar-refractivity contribution < 1.29 is 25.5 Å². The molecule has 0 bridgehead atoms. The average Bonchev–Trinajstić information content (AvgIpc) is 3.08. The van der Waals surface area contributed by atoms with Gasteiger partial charge in [0.25, 0.3) is 0 Å². The number of hydrogen-bond acceptors (Lipinski definition) is 5. The van der Waals surface area contributed by atoms with Crippen LogP contribution in [-0.4, -0.2) is 56.1 Å². The summed E-state index contributed by atoms with van der Waals surface area (Å²) in [7, 11) is 0. The predicted octanol–water partition coefficient (Wildman–Crippen LogP) is 3.50. The van der Waals surface area contributed by atoms with Gasteiger partial charge < -0.3 is 25.5 Å². The SMILES string of the molecule is C[C@H](CCCC(C)(O)CO)[C@H]1CC[C@H]2[C@@H]3[C@H](O)C[C@@H]4C[C@H](O)CC[C@]4(C)[C@H]3C[C@H](O)[C@]12C. The van der Waals surface area contributed by atoms with E-state index in [1.807, 2.05) is 0 Å². The summed E-state index contributed by atoms with van der Waals surface area (Å²) in [6.07, 6.45) is 7.96. The quantitative estimate of drug-likeness (QED) is 0.425. The Bertz CT molecular complexity index is 666. The van der Waals surface area contributed by atoms with Crippen molar-refractivity contribution in [2.75, 3.05) is 6.61 Å². The summed E-state index contributed by atoms with van der Waals surface area (Å²) >= 11 is 0. The van der Waals surface area contributed by atoms with Gasteiger partial charge in [-0.05, 0) is 105 Å². The van der Waals surface area contributed by atoms with Gasteiger partial charge in [0.15, 0.2) is 0 Å². The first-order chi connectivity index (χ1) is 14.9. The van der Waals surface area contributed by atoms with Crippen molar-refractivity contribution in [1.82, 2.24) is 0 Å². The van der Waals surface area contributed by atoms with Crippen molar-refractivity contribution in [3.8, 4) is 0 Å². The van der Waals surface area contributed by atoms with E-state index in [-0.39, 0.29) is 41.7 Å². The summed E-state index contributed by atoms with van der Waals surface area (Å²) in [6, 6.07) is 0. The highest BCUT2D eigenvalue weighted by atomic mass is 16.3. The van der Waals surface area contributed by atoms with Crippen molar-refractivity contribution in [1.29, 1.82) is 0 Å². The fourth-order valence-electron chi connectivity index (χ4n) is 9.22. The van der Waals surface area contributed by atoms with Gasteiger partial charge in [-0.25, -0.2) is 0 Å². The minimum atomic E-state index is -1.01. The molecular weight excluding hydrogens is 404 g/mol. The van der Waals surface area contributed by atoms with Gasteiger partial charge in [-0.1, -0.05) is 33.6 Å². The van der Waals surface area contributed by atoms with Crippen LogP contribution in [0.4, 0.5) is 0 Å². The van der Waals surface area contributed by atoms with E-state index in [1.54, 1.807) is 6.92 Å². The second kappa shape index (κ2) is 8.78. The molecule has 0 aliphatic heterocycles. The molecule has 4 fully saturated rings. The van der Waals surface area contributed by atoms with Gasteiger partial charge in [0.2, 0.25) is 0 Å². The Labute approximate surface area is 194 Å². The zero-order valence-corrected chi connectivity index (χ0v) is 20.7. The van der Waals surface area contributed by atoms with Crippen molar-refractivity contribution in [3.05, 3.63) is 0 Å². The van der Waals surface area contributed by atoms with Gasteiger partial charge >= 0.3 is 0 Å². The molecule has 4 aliphatic rings. The maximum Gasteiger partial charge on any atom is 0.0849 e. The molecule has 0 amide bonds. The summed E-state index contributed by atoms with van der Waals surface area (Å²) in [5, 5.41) is 52.7. The lowest BCUT2D eigenvalue weighted by Gasteiger charge is -2.63. The van der Waals surface area contributed by atoms with E-state index in [9.17, 15) is 25.5 Å². The molecule has 0 spiro atoms. The number of aliphatic hydroxyl groups is 5. The predicted molar refractivity (Wildman–Crippen MR) is 125 cm³/mol. The Morgan fingerprint density at radius 3 is 2.41 bits per heavy atom. The van der Waals surface area contributed by atoms with Crippen LogP contribution in [0.15, 0.2) is 0 Å². The third kappa shape index (κ3) is 3.98. The van der Waals surface area contributed by atoms with Gasteiger partial charge in [-0.3, -0.25) is 0 Å². The van der Waals surface area contributed by atoms with E-state index in [0.717, 1.165) is 57.8 Å². The maximum absolute atomic E-state index is 11.6. The van der Waals surface area contributed by atoms with Crippen LogP contribution < -0.4 is 0 Å². The minimum Gasteiger partial charge on any atom is -0.393 e. The van der Waals surface area contributed by atoms with Crippen LogP contribution in [0, 0.1) is 46.3 Å². The standard InChI is InChI=1S/C27H48O5/c1-16(6-5-10-25(2,32)15-28)19-7-8-20-24-21(14-23(31)27(19,20)4)26(3)11-9-18(29)12-17(26)13-22(24)30/h16-24,28-32H,5-15H2,1-4H3/t16-,17+,18-,19-,20+,21+,22-,23+,24+,25?,26+,27-/m1/s1. The number of hydrogen-bond donors (Lipinski definition) is 5. The molecule has 5 N–H and O–H groups in total. The van der Waals surface area contributed by atoms with Crippen molar-refractivity contribution in [2.45, 2.75) is 116 Å². The summed E-state index contributed by atoms with van der Waals surface area (Å²) in [6.45, 7) is 8.45. The van der Waals surface area contributed by atoms with Gasteiger partial charge in [0, 0.05) is 0 Å². The molecule has 4 rings (SSSR count). The Morgan fingerprint density at radius 1 is 1.00 bits per heavy atom. The number of rotatable bonds is 6. The molecule has 0 aromatic heterocycles. The molecule has 0 aromatic carbocycles. The molecule has 5 nitrogen and oxygen atoms in total. The number of fused-ring (bicyclic) bond motifs is 5. The first kappa shape index (κ1) is 24.9. The first-order valence-electron chi connectivity index (χ1n) is 13.3. The third-order valence-electron chi connectivity index (χ3n) is 11.2. The smallest absolute Gasteiger partial charge is 0.0849 e. The van der Waals surface area contributed by atoms with Crippen LogP contribution >= 0.6 is 0 Å². The first-order valence-corrected chi connectivity index (χ1v) is 13.3. The van der Waals surface area contributed by atoms with E-state index < -0.39 is 5.60 Å². The van der Waals surface area contributed by atoms with Gasteiger partial charge in [-0.2, -0.15) is 0 Å². The summed E-state index contributed by atoms with van der Waals surface area (Å²) in [4.78, 5) is 0. The van der Waals surface area contributed by atoms with Crippen LogP contribution in [-0.2, 0) is 0 Å². The molecule has 1 unspecified atom stereocenters. The zero-order chi connectivity index (χ0) is 23.5. The fourth-order valence-corrected chi connectivity index (χ4v) is 9.22. The Kier molecular flexibility index (Phi) is 6.84. The summed E-state index contributed by atoms with van der Waals surface area (Å²) in [5.74, 6) is 2.17. The maximum atomic E-state index is 11.6. The monoisotopic (exact) mass is 452 g/mol. The second-order valence-electron chi connectivity index (χ2n) is 13.1. The molecule has 12 atom stereocenters. The lowest BCUT2D eigenvalue weighted by Crippen LogP contribution is -2.62. The Morgan fingerprint density at radius 2 is 1.72 bits per heavy atom. The fraction of sp³-hybridized carbons (Fsp3) is 1.00. The van der Waals surface area contributed by atoms with Crippen molar-refractivity contribution in [2.24, 2.45) is 46.3 Å². The van der Waals surface area contributed by atoms with Crippen LogP contribution in [0.5, 0.6) is 0 Å². The van der Waals surface area contributed by atoms with E-state index in [1.165, 1.54) is 0 Å². The van der Waals surface area contributed by atoms with Crippen LogP contribution in [0.2, 0.25) is 0 Å². The average molecular weight is 453 g/mol. The van der Waals surface area contributed by atoms with Gasteiger partial charge in [0.1, 0.15) is 0 Å². The molecule has 0 aromatic rings. The molecule has 4 aliphatic carbocycles. The number of aliphatic hydroxyl groups excluding tert-OH is 4. The minimum absolute atomic E-state index is 0.116. The van der Waals surface area contributed by atoms with Crippen molar-refractivity contribution in [3.63, 3.8) is 0 Å². The van der Waals surface area contributed by atoms with E-state index in [2.05, 4.69) is 20.8 Å². The van der Waals surface area contributed by atoms with Crippen molar-refractivity contribution >= 4 is 0 Å². The largest absolute Gasteiger partial charge is 0.393 e. The van der Waals surface area contributed by atoms with Gasteiger partial charge in [0.05, 0.1) is 30.5 Å². The summed E-state index contributed by atoms with van der Waals surface area (Å²) in [5.41, 5.74) is -1.06. The molecule has 0 heterocycles. The van der Waals surface area contributed by atoms with E-state index >= 15 is 0 Å². The van der Waals surface area contributed by atoms with Crippen LogP contribution in [0.1, 0.15) is 91.9 Å². The Balaban J connectivity index is 1.51. The van der Waals surface area contributed by atoms with Gasteiger partial charge in [-0.15, -0.1) is 0 Å². The van der Waals surface area contributed by atoms with E-state index in [0.29, 0.717) is 36.0 Å². The highest BCUT2D eigenvalue weighted by Gasteiger charge is 2.65. The van der Waals surface area contributed by atoms with E-state index in [4.69, 9.17) is 0 Å². The summed E-state index contributed by atoms with van der Waals surface area (Å²) < 4.78 is 0. The highest BCUT2D eigenvalue weighted by molar-refractivity contribution is 5.14. The Hall–Kier alpha value is -0.200. The van der Waals surface area contributed by atoms with Crippen LogP contribution in [0.3, 0.4) is 0 Å². The lowest BCUT2D eigenvalue weighted by molar-refractivity contribution is -0.207.